The number of rotatable bonds is 1. The molecule has 0 aliphatic carbocycles. The molecule has 9 heavy (non-hydrogen) atoms. The standard InChI is InChI=1S/C7H4NS/c8-6-9-7-4-2-1-3-5-7/h1-4H/q-1. The van der Waals surface area contributed by atoms with Crippen molar-refractivity contribution in [1.82, 2.24) is 0 Å². The normalized spacial score (nSPS) is 8.33. The first-order chi connectivity index (χ1) is 4.43. The molecule has 0 aliphatic heterocycles. The van der Waals surface area contributed by atoms with Crippen LogP contribution in [0.25, 0.3) is 0 Å². The zero-order valence-corrected chi connectivity index (χ0v) is 5.48. The molecular weight excluding hydrogens is 130 g/mol. The molecule has 0 amide bonds. The minimum absolute atomic E-state index is 0.875. The first kappa shape index (κ1) is 6.18. The molecule has 2 heteroatoms. The fourth-order valence-electron chi connectivity index (χ4n) is 0.490. The maximum atomic E-state index is 8.21. The van der Waals surface area contributed by atoms with Crippen molar-refractivity contribution in [3.05, 3.63) is 30.3 Å². The van der Waals surface area contributed by atoms with Gasteiger partial charge in [-0.2, -0.15) is 35.6 Å². The third-order valence-electron chi connectivity index (χ3n) is 0.836. The van der Waals surface area contributed by atoms with E-state index in [1.54, 1.807) is 6.07 Å². The van der Waals surface area contributed by atoms with Gasteiger partial charge in [-0.1, -0.05) is 4.90 Å². The molecule has 0 atom stereocenters. The molecule has 0 saturated heterocycles. The van der Waals surface area contributed by atoms with E-state index < -0.39 is 0 Å². The third kappa shape index (κ3) is 1.79. The van der Waals surface area contributed by atoms with Gasteiger partial charge in [-0.25, -0.2) is 0 Å². The van der Waals surface area contributed by atoms with Crippen LogP contribution in [0.2, 0.25) is 0 Å². The average molecular weight is 134 g/mol. The predicted molar refractivity (Wildman–Crippen MR) is 36.7 cm³/mol. The van der Waals surface area contributed by atoms with Crippen LogP contribution in [0.4, 0.5) is 0 Å². The van der Waals surface area contributed by atoms with Crippen LogP contribution in [-0.4, -0.2) is 0 Å². The van der Waals surface area contributed by atoms with Gasteiger partial charge in [-0.15, -0.1) is 0 Å². The molecule has 1 aromatic carbocycles. The second kappa shape index (κ2) is 3.16. The molecule has 0 saturated carbocycles. The molecule has 0 aliphatic rings. The zero-order chi connectivity index (χ0) is 6.53. The van der Waals surface area contributed by atoms with Crippen molar-refractivity contribution in [3.63, 3.8) is 0 Å². The maximum Gasteiger partial charge on any atom is 0.136 e. The van der Waals surface area contributed by atoms with Crippen molar-refractivity contribution >= 4 is 11.8 Å². The summed E-state index contributed by atoms with van der Waals surface area (Å²) in [4.78, 5) is 0.875. The first-order valence-electron chi connectivity index (χ1n) is 2.46. The van der Waals surface area contributed by atoms with E-state index in [0.717, 1.165) is 16.7 Å². The molecule has 0 fully saturated rings. The maximum absolute atomic E-state index is 8.21. The van der Waals surface area contributed by atoms with Crippen molar-refractivity contribution < 1.29 is 0 Å². The number of hydrogen-bond donors (Lipinski definition) is 0. The van der Waals surface area contributed by atoms with Gasteiger partial charge in [0.25, 0.3) is 0 Å². The highest BCUT2D eigenvalue weighted by Crippen LogP contribution is 2.13. The minimum Gasteiger partial charge on any atom is -0.185 e. The quantitative estimate of drug-likeness (QED) is 0.333. The van der Waals surface area contributed by atoms with Crippen LogP contribution >= 0.6 is 11.8 Å². The Kier molecular flexibility index (Phi) is 2.17. The number of thioether (sulfide) groups is 1. The Morgan fingerprint density at radius 2 is 2.44 bits per heavy atom. The van der Waals surface area contributed by atoms with Gasteiger partial charge < -0.3 is 0 Å². The molecule has 0 unspecified atom stereocenters. The monoisotopic (exact) mass is 134 g/mol. The van der Waals surface area contributed by atoms with Crippen LogP contribution in [0.1, 0.15) is 0 Å². The molecule has 1 aromatic rings. The lowest BCUT2D eigenvalue weighted by atomic mass is 10.4. The lowest BCUT2D eigenvalue weighted by Crippen LogP contribution is -1.63. The summed E-state index contributed by atoms with van der Waals surface area (Å²) in [6.45, 7) is 0. The van der Waals surface area contributed by atoms with Gasteiger partial charge >= 0.3 is 0 Å². The second-order valence-electron chi connectivity index (χ2n) is 1.42. The molecule has 0 heterocycles. The van der Waals surface area contributed by atoms with Crippen molar-refractivity contribution in [2.24, 2.45) is 0 Å². The molecule has 0 bridgehead atoms. The van der Waals surface area contributed by atoms with Gasteiger partial charge in [0.2, 0.25) is 0 Å². The summed E-state index contributed by atoms with van der Waals surface area (Å²) in [6, 6.07) is 10.3. The average Bonchev–Trinajstić information content (AvgIpc) is 1.91. The summed E-state index contributed by atoms with van der Waals surface area (Å²) < 4.78 is 0. The Morgan fingerprint density at radius 1 is 1.56 bits per heavy atom. The van der Waals surface area contributed by atoms with Crippen molar-refractivity contribution in [1.29, 1.82) is 5.26 Å². The summed E-state index contributed by atoms with van der Waals surface area (Å²) >= 11 is 1.13. The summed E-state index contributed by atoms with van der Waals surface area (Å²) in [6.07, 6.45) is 0. The van der Waals surface area contributed by atoms with Crippen molar-refractivity contribution in [2.45, 2.75) is 4.90 Å². The lowest BCUT2D eigenvalue weighted by Gasteiger charge is -1.96. The highest BCUT2D eigenvalue weighted by Gasteiger charge is 1.77. The zero-order valence-electron chi connectivity index (χ0n) is 4.66. The van der Waals surface area contributed by atoms with Gasteiger partial charge in [-0.05, 0) is 11.8 Å². The van der Waals surface area contributed by atoms with E-state index in [9.17, 15) is 0 Å². The largest absolute Gasteiger partial charge is 0.185 e. The lowest BCUT2D eigenvalue weighted by molar-refractivity contribution is 1.45. The Labute approximate surface area is 58.3 Å². The SMILES string of the molecule is N#CSc1[c-]cccc1. The highest BCUT2D eigenvalue weighted by molar-refractivity contribution is 8.03. The molecule has 0 N–H and O–H groups in total. The van der Waals surface area contributed by atoms with Gasteiger partial charge in [0.05, 0.1) is 0 Å². The van der Waals surface area contributed by atoms with Crippen molar-refractivity contribution in [3.8, 4) is 5.40 Å². The molecule has 1 nitrogen and oxygen atoms in total. The Hall–Kier alpha value is -0.940. The Morgan fingerprint density at radius 3 is 3.00 bits per heavy atom. The smallest absolute Gasteiger partial charge is 0.136 e. The van der Waals surface area contributed by atoms with Crippen LogP contribution in [0.5, 0.6) is 0 Å². The van der Waals surface area contributed by atoms with E-state index in [1.807, 2.05) is 23.6 Å². The second-order valence-corrected chi connectivity index (χ2v) is 2.25. The fourth-order valence-corrected chi connectivity index (χ4v) is 0.861. The van der Waals surface area contributed by atoms with Crippen molar-refractivity contribution in [2.75, 3.05) is 0 Å². The van der Waals surface area contributed by atoms with E-state index in [-0.39, 0.29) is 0 Å². The van der Waals surface area contributed by atoms with Crippen LogP contribution in [0.15, 0.2) is 29.2 Å². The molecule has 0 radical (unpaired) electrons. The molecule has 0 spiro atoms. The van der Waals surface area contributed by atoms with Gasteiger partial charge in [-0.3, -0.25) is 0 Å². The molecule has 44 valence electrons. The summed E-state index contributed by atoms with van der Waals surface area (Å²) in [5.41, 5.74) is 0. The summed E-state index contributed by atoms with van der Waals surface area (Å²) in [5, 5.41) is 10.2. The molecular formula is C7H4NS-. The van der Waals surface area contributed by atoms with E-state index in [1.165, 1.54) is 0 Å². The topological polar surface area (TPSA) is 23.8 Å². The number of nitriles is 1. The van der Waals surface area contributed by atoms with Gasteiger partial charge in [0.1, 0.15) is 5.40 Å². The van der Waals surface area contributed by atoms with Crippen LogP contribution in [-0.2, 0) is 0 Å². The third-order valence-corrected chi connectivity index (χ3v) is 1.40. The van der Waals surface area contributed by atoms with E-state index in [0.29, 0.717) is 0 Å². The molecule has 1 rings (SSSR count). The van der Waals surface area contributed by atoms with Crippen LogP contribution in [0.3, 0.4) is 0 Å². The summed E-state index contributed by atoms with van der Waals surface area (Å²) in [5.74, 6) is 0. The molecule has 0 aromatic heterocycles. The Bertz CT molecular complexity index is 212. The van der Waals surface area contributed by atoms with Crippen LogP contribution in [0, 0.1) is 16.7 Å². The predicted octanol–water partition coefficient (Wildman–Crippen LogP) is 2.06. The minimum atomic E-state index is 0.875. The summed E-state index contributed by atoms with van der Waals surface area (Å²) in [7, 11) is 0. The number of nitrogens with zero attached hydrogens (tertiary/aromatic N) is 1. The van der Waals surface area contributed by atoms with Crippen LogP contribution < -0.4 is 0 Å². The number of hydrogen-bond acceptors (Lipinski definition) is 2. The Balaban J connectivity index is 2.76. The number of thiocyanates is 1. The van der Waals surface area contributed by atoms with Gasteiger partial charge in [0, 0.05) is 0 Å². The van der Waals surface area contributed by atoms with E-state index in [4.69, 9.17) is 5.26 Å². The highest BCUT2D eigenvalue weighted by atomic mass is 32.2. The fraction of sp³-hybridized carbons (Fsp3) is 0. The number of benzene rings is 1. The first-order valence-corrected chi connectivity index (χ1v) is 3.28. The van der Waals surface area contributed by atoms with E-state index >= 15 is 0 Å². The van der Waals surface area contributed by atoms with Gasteiger partial charge in [0.15, 0.2) is 0 Å². The van der Waals surface area contributed by atoms with E-state index in [2.05, 4.69) is 6.07 Å².